The number of aromatic amines is 2. The second kappa shape index (κ2) is 8.86. The van der Waals surface area contributed by atoms with Crippen LogP contribution < -0.4 is 39.4 Å². The van der Waals surface area contributed by atoms with E-state index in [-0.39, 0.29) is 34.4 Å². The van der Waals surface area contributed by atoms with Gasteiger partial charge in [0.2, 0.25) is 11.4 Å². The van der Waals surface area contributed by atoms with Crippen LogP contribution in [-0.2, 0) is 0 Å². The van der Waals surface area contributed by atoms with Gasteiger partial charge in [0.25, 0.3) is 11.1 Å². The summed E-state index contributed by atoms with van der Waals surface area (Å²) in [5, 5.41) is 36.4. The first-order valence-electron chi connectivity index (χ1n) is 9.57. The fourth-order valence-electron chi connectivity index (χ4n) is 2.90. The summed E-state index contributed by atoms with van der Waals surface area (Å²) in [6, 6.07) is 3.41. The number of hydrogen-bond acceptors (Lipinski definition) is 14. The zero-order valence-electron chi connectivity index (χ0n) is 17.9. The zero-order valence-corrected chi connectivity index (χ0v) is 17.9. The van der Waals surface area contributed by atoms with Crippen molar-refractivity contribution in [2.24, 2.45) is 26.8 Å². The average Bonchev–Trinajstić information content (AvgIpc) is 3.14. The van der Waals surface area contributed by atoms with Gasteiger partial charge in [-0.15, -0.1) is 10.2 Å². The van der Waals surface area contributed by atoms with Crippen molar-refractivity contribution in [1.82, 2.24) is 29.5 Å². The maximum atomic E-state index is 12.4. The molecule has 0 atom stereocenters. The number of carboxylic acid groups (broad SMARTS) is 2. The number of amidine groups is 2. The number of aromatic carboxylic acids is 2. The predicted octanol–water partition coefficient (Wildman–Crippen LogP) is -4.04. The molecular formula is C17H12N12O8. The summed E-state index contributed by atoms with van der Waals surface area (Å²) in [5.74, 6) is -3.77. The van der Waals surface area contributed by atoms with Gasteiger partial charge in [0.05, 0.1) is 17.1 Å². The molecule has 1 aliphatic rings. The number of anilines is 1. The molecule has 0 aliphatic carbocycles. The number of H-pyrrole nitrogens is 2. The summed E-state index contributed by atoms with van der Waals surface area (Å²) in [5.41, 5.74) is 6.20. The minimum absolute atomic E-state index is 0.0407. The first kappa shape index (κ1) is 23.9. The van der Waals surface area contributed by atoms with Gasteiger partial charge in [-0.3, -0.25) is 25.0 Å². The highest BCUT2D eigenvalue weighted by atomic mass is 16.4. The molecule has 0 fully saturated rings. The van der Waals surface area contributed by atoms with E-state index in [1.807, 2.05) is 0 Å². The maximum absolute atomic E-state index is 12.4. The number of carboxylic acids is 2. The molecule has 3 heterocycles. The summed E-state index contributed by atoms with van der Waals surface area (Å²) >= 11 is 0. The number of nitrogens with two attached hydrogens (primary N) is 2. The van der Waals surface area contributed by atoms with E-state index in [0.29, 0.717) is 9.36 Å². The summed E-state index contributed by atoms with van der Waals surface area (Å²) in [7, 11) is 0. The van der Waals surface area contributed by atoms with Crippen molar-refractivity contribution in [3.05, 3.63) is 71.3 Å². The highest BCUT2D eigenvalue weighted by Gasteiger charge is 2.20. The number of nitrogens with zero attached hydrogens (tertiary/aromatic N) is 7. The van der Waals surface area contributed by atoms with Gasteiger partial charge in [-0.25, -0.2) is 19.2 Å². The molecule has 0 spiro atoms. The minimum Gasteiger partial charge on any atom is -0.476 e. The van der Waals surface area contributed by atoms with Gasteiger partial charge in [0.15, 0.2) is 17.4 Å². The number of nitrogens with one attached hydrogen (secondary N) is 3. The summed E-state index contributed by atoms with van der Waals surface area (Å²) in [6.45, 7) is 0. The summed E-state index contributed by atoms with van der Waals surface area (Å²) in [4.78, 5) is 74.6. The predicted molar refractivity (Wildman–Crippen MR) is 123 cm³/mol. The van der Waals surface area contributed by atoms with Crippen LogP contribution in [0, 0.1) is 0 Å². The summed E-state index contributed by atoms with van der Waals surface area (Å²) < 4.78 is 0.950. The molecule has 2 aromatic heterocycles. The molecule has 0 unspecified atom stereocenters. The number of aromatic nitrogens is 6. The van der Waals surface area contributed by atoms with Crippen LogP contribution in [0.5, 0.6) is 0 Å². The third-order valence-corrected chi connectivity index (χ3v) is 4.50. The molecular weight excluding hydrogens is 500 g/mol. The second-order valence-electron chi connectivity index (χ2n) is 6.93. The van der Waals surface area contributed by atoms with Crippen LogP contribution >= 0.6 is 0 Å². The molecule has 0 amide bonds. The monoisotopic (exact) mass is 512 g/mol. The van der Waals surface area contributed by atoms with Crippen molar-refractivity contribution >= 4 is 35.0 Å². The molecule has 3 aromatic rings. The molecule has 188 valence electrons. The van der Waals surface area contributed by atoms with Crippen LogP contribution in [0.15, 0.2) is 52.7 Å². The van der Waals surface area contributed by atoms with Crippen molar-refractivity contribution in [2.75, 3.05) is 5.43 Å². The lowest BCUT2D eigenvalue weighted by atomic mass is 10.2. The Bertz CT molecular complexity index is 1700. The summed E-state index contributed by atoms with van der Waals surface area (Å²) in [6.07, 6.45) is 0. The lowest BCUT2D eigenvalue weighted by Crippen LogP contribution is -2.36. The first-order chi connectivity index (χ1) is 17.5. The van der Waals surface area contributed by atoms with Crippen molar-refractivity contribution in [3.8, 4) is 11.4 Å². The minimum atomic E-state index is -1.74. The lowest BCUT2D eigenvalue weighted by Gasteiger charge is -2.12. The van der Waals surface area contributed by atoms with Gasteiger partial charge in [-0.2, -0.15) is 24.7 Å². The van der Waals surface area contributed by atoms with Crippen molar-refractivity contribution in [2.45, 2.75) is 0 Å². The Morgan fingerprint density at radius 3 is 1.65 bits per heavy atom. The zero-order chi connectivity index (χ0) is 27.0. The van der Waals surface area contributed by atoms with Gasteiger partial charge in [0, 0.05) is 0 Å². The normalized spacial score (nSPS) is 12.6. The number of hydrazone groups is 1. The van der Waals surface area contributed by atoms with Gasteiger partial charge < -0.3 is 21.7 Å². The smallest absolute Gasteiger partial charge is 0.362 e. The third kappa shape index (κ3) is 4.46. The van der Waals surface area contributed by atoms with E-state index in [4.69, 9.17) is 11.5 Å². The topological polar surface area (TPSA) is 311 Å². The van der Waals surface area contributed by atoms with Crippen LogP contribution in [0.3, 0.4) is 0 Å². The molecule has 0 bridgehead atoms. The van der Waals surface area contributed by atoms with E-state index < -0.39 is 45.8 Å². The molecule has 20 heteroatoms. The number of rotatable bonds is 6. The standard InChI is InChI=1S/C17H12N12O8/c18-10-7(11(19)25-24-10)23-22-4-1-5(28-16(36)20-12(30)8(26-28)14(32)33)3-6(2-4)29-17(37)21-13(31)9(27-29)15(34)35/h1-3,22H,(H,32,33)(H,34,35)(H,20,30,36)(H,21,31,37)(H4,18,19,23,24,25). The lowest BCUT2D eigenvalue weighted by molar-refractivity contribution is 0.0675. The van der Waals surface area contributed by atoms with Crippen LogP contribution in [-0.4, -0.2) is 69.1 Å². The SMILES string of the molecule is NC1=NN=C(N)C1=NNc1cc(-n2nc(C(=O)O)c(=O)[nH]c2=O)cc(-n2nc(C(=O)O)c(=O)[nH]c2=O)c1. The highest BCUT2D eigenvalue weighted by Crippen LogP contribution is 2.19. The number of benzene rings is 1. The Morgan fingerprint density at radius 1 is 0.811 bits per heavy atom. The van der Waals surface area contributed by atoms with E-state index in [1.165, 1.54) is 12.1 Å². The van der Waals surface area contributed by atoms with E-state index in [0.717, 1.165) is 6.07 Å². The maximum Gasteiger partial charge on any atom is 0.362 e. The highest BCUT2D eigenvalue weighted by molar-refractivity contribution is 6.68. The average molecular weight is 512 g/mol. The number of carbonyl (C=O) groups is 2. The molecule has 4 rings (SSSR count). The fraction of sp³-hybridized carbons (Fsp3) is 0. The van der Waals surface area contributed by atoms with Crippen molar-refractivity contribution in [3.63, 3.8) is 0 Å². The largest absolute Gasteiger partial charge is 0.476 e. The molecule has 0 saturated carbocycles. The molecule has 9 N–H and O–H groups in total. The van der Waals surface area contributed by atoms with Gasteiger partial charge >= 0.3 is 23.3 Å². The van der Waals surface area contributed by atoms with Gasteiger partial charge in [-0.1, -0.05) is 0 Å². The number of hydrogen-bond donors (Lipinski definition) is 7. The van der Waals surface area contributed by atoms with Crippen molar-refractivity contribution in [1.29, 1.82) is 0 Å². The quantitative estimate of drug-likeness (QED) is 0.155. The Kier molecular flexibility index (Phi) is 5.73. The Morgan fingerprint density at radius 2 is 1.24 bits per heavy atom. The third-order valence-electron chi connectivity index (χ3n) is 4.50. The van der Waals surface area contributed by atoms with Gasteiger partial charge in [-0.05, 0) is 18.2 Å². The van der Waals surface area contributed by atoms with Gasteiger partial charge in [0.1, 0.15) is 0 Å². The molecule has 37 heavy (non-hydrogen) atoms. The first-order valence-corrected chi connectivity index (χ1v) is 9.57. The van der Waals surface area contributed by atoms with Crippen LogP contribution in [0.1, 0.15) is 21.0 Å². The Balaban J connectivity index is 1.97. The van der Waals surface area contributed by atoms with Crippen LogP contribution in [0.2, 0.25) is 0 Å². The molecule has 1 aromatic carbocycles. The van der Waals surface area contributed by atoms with Crippen molar-refractivity contribution < 1.29 is 19.8 Å². The fourth-order valence-corrected chi connectivity index (χ4v) is 2.90. The van der Waals surface area contributed by atoms with E-state index in [9.17, 15) is 39.0 Å². The Hall–Kier alpha value is -6.21. The van der Waals surface area contributed by atoms with E-state index in [2.05, 4.69) is 30.9 Å². The molecule has 0 saturated heterocycles. The van der Waals surface area contributed by atoms with Crippen LogP contribution in [0.25, 0.3) is 11.4 Å². The molecule has 0 radical (unpaired) electrons. The molecule has 1 aliphatic heterocycles. The molecule has 20 nitrogen and oxygen atoms in total. The Labute approximate surface area is 199 Å². The van der Waals surface area contributed by atoms with E-state index in [1.54, 1.807) is 9.97 Å². The van der Waals surface area contributed by atoms with E-state index >= 15 is 0 Å². The van der Waals surface area contributed by atoms with Crippen LogP contribution in [0.4, 0.5) is 5.69 Å². The second-order valence-corrected chi connectivity index (χ2v) is 6.93.